The zero-order valence-corrected chi connectivity index (χ0v) is 15.8. The van der Waals surface area contributed by atoms with Crippen molar-refractivity contribution in [3.63, 3.8) is 0 Å². The minimum absolute atomic E-state index is 0.154. The maximum atomic E-state index is 13.1. The van der Waals surface area contributed by atoms with Crippen molar-refractivity contribution in [3.8, 4) is 0 Å². The van der Waals surface area contributed by atoms with Crippen LogP contribution in [0.25, 0.3) is 10.8 Å². The molecule has 27 heavy (non-hydrogen) atoms. The van der Waals surface area contributed by atoms with Crippen LogP contribution in [0.4, 0.5) is 11.4 Å². The molecule has 6 heteroatoms. The number of sulfonamides is 1. The fourth-order valence-electron chi connectivity index (χ4n) is 3.53. The Morgan fingerprint density at radius 3 is 2.52 bits per heavy atom. The molecule has 138 valence electrons. The van der Waals surface area contributed by atoms with E-state index in [-0.39, 0.29) is 11.7 Å². The van der Waals surface area contributed by atoms with E-state index in [1.807, 2.05) is 42.5 Å². The Bertz CT molecular complexity index is 1120. The van der Waals surface area contributed by atoms with Crippen LogP contribution in [0.15, 0.2) is 66.7 Å². The quantitative estimate of drug-likeness (QED) is 0.697. The molecular weight excluding hydrogens is 360 g/mol. The number of anilines is 2. The van der Waals surface area contributed by atoms with Crippen molar-refractivity contribution in [2.45, 2.75) is 6.42 Å². The van der Waals surface area contributed by atoms with Crippen LogP contribution >= 0.6 is 0 Å². The van der Waals surface area contributed by atoms with Gasteiger partial charge in [0.2, 0.25) is 10.0 Å². The summed E-state index contributed by atoms with van der Waals surface area (Å²) in [7, 11) is -1.54. The van der Waals surface area contributed by atoms with E-state index in [1.54, 1.807) is 36.2 Å². The second-order valence-corrected chi connectivity index (χ2v) is 8.67. The Kier molecular flexibility index (Phi) is 4.36. The van der Waals surface area contributed by atoms with Gasteiger partial charge < -0.3 is 4.90 Å². The molecule has 1 aliphatic rings. The first-order chi connectivity index (χ1) is 13.0. The molecule has 1 fully saturated rings. The van der Waals surface area contributed by atoms with Crippen LogP contribution in [0.5, 0.6) is 0 Å². The summed E-state index contributed by atoms with van der Waals surface area (Å²) in [6.45, 7) is 0.457. The molecule has 0 aromatic heterocycles. The van der Waals surface area contributed by atoms with E-state index in [1.165, 1.54) is 4.31 Å². The molecule has 0 atom stereocenters. The first kappa shape index (κ1) is 17.5. The van der Waals surface area contributed by atoms with Crippen molar-refractivity contribution < 1.29 is 13.2 Å². The fraction of sp³-hybridized carbons (Fsp3) is 0.190. The van der Waals surface area contributed by atoms with Crippen molar-refractivity contribution in [2.24, 2.45) is 0 Å². The van der Waals surface area contributed by atoms with Gasteiger partial charge in [-0.3, -0.25) is 9.10 Å². The molecule has 0 bridgehead atoms. The lowest BCUT2D eigenvalue weighted by Gasteiger charge is -2.21. The normalized spacial score (nSPS) is 15.8. The number of benzene rings is 3. The molecule has 4 rings (SSSR count). The van der Waals surface area contributed by atoms with Gasteiger partial charge in [-0.05, 0) is 36.1 Å². The van der Waals surface area contributed by atoms with E-state index in [9.17, 15) is 13.2 Å². The largest absolute Gasteiger partial charge is 0.311 e. The lowest BCUT2D eigenvalue weighted by Crippen LogP contribution is -2.28. The molecule has 3 aromatic carbocycles. The SMILES string of the molecule is CN(C(=O)c1cccc(N2CCCS2(=O)=O)c1)c1cccc2ccccc12. The minimum Gasteiger partial charge on any atom is -0.311 e. The topological polar surface area (TPSA) is 57.7 Å². The van der Waals surface area contributed by atoms with Gasteiger partial charge in [-0.2, -0.15) is 0 Å². The predicted molar refractivity (Wildman–Crippen MR) is 109 cm³/mol. The lowest BCUT2D eigenvalue weighted by molar-refractivity contribution is 0.0993. The maximum absolute atomic E-state index is 13.1. The number of carbonyl (C=O) groups excluding carboxylic acids is 1. The van der Waals surface area contributed by atoms with Gasteiger partial charge in [0.25, 0.3) is 5.91 Å². The lowest BCUT2D eigenvalue weighted by atomic mass is 10.1. The van der Waals surface area contributed by atoms with Gasteiger partial charge in [-0.1, -0.05) is 42.5 Å². The van der Waals surface area contributed by atoms with Crippen molar-refractivity contribution in [1.82, 2.24) is 0 Å². The van der Waals surface area contributed by atoms with Gasteiger partial charge in [0, 0.05) is 24.5 Å². The first-order valence-corrected chi connectivity index (χ1v) is 10.4. The summed E-state index contributed by atoms with van der Waals surface area (Å²) in [5.74, 6) is -0.0223. The van der Waals surface area contributed by atoms with Crippen LogP contribution in [0, 0.1) is 0 Å². The molecule has 1 amide bonds. The molecule has 1 heterocycles. The third-order valence-corrected chi connectivity index (χ3v) is 6.78. The molecule has 0 unspecified atom stereocenters. The highest BCUT2D eigenvalue weighted by Gasteiger charge is 2.29. The highest BCUT2D eigenvalue weighted by atomic mass is 32.2. The van der Waals surface area contributed by atoms with Crippen LogP contribution in [0.3, 0.4) is 0 Å². The van der Waals surface area contributed by atoms with Gasteiger partial charge in [0.15, 0.2) is 0 Å². The highest BCUT2D eigenvalue weighted by molar-refractivity contribution is 7.93. The second kappa shape index (κ2) is 6.70. The first-order valence-electron chi connectivity index (χ1n) is 8.84. The molecule has 5 nitrogen and oxygen atoms in total. The minimum atomic E-state index is -3.28. The Balaban J connectivity index is 1.69. The van der Waals surface area contributed by atoms with Crippen LogP contribution in [0.2, 0.25) is 0 Å². The van der Waals surface area contributed by atoms with Gasteiger partial charge in [0.1, 0.15) is 0 Å². The number of nitrogens with zero attached hydrogens (tertiary/aromatic N) is 2. The molecule has 1 saturated heterocycles. The number of rotatable bonds is 3. The van der Waals surface area contributed by atoms with E-state index in [2.05, 4.69) is 0 Å². The van der Waals surface area contributed by atoms with E-state index >= 15 is 0 Å². The van der Waals surface area contributed by atoms with E-state index in [0.29, 0.717) is 24.2 Å². The van der Waals surface area contributed by atoms with Gasteiger partial charge >= 0.3 is 0 Å². The van der Waals surface area contributed by atoms with Crippen LogP contribution in [-0.4, -0.2) is 33.7 Å². The van der Waals surface area contributed by atoms with E-state index in [0.717, 1.165) is 16.5 Å². The zero-order valence-electron chi connectivity index (χ0n) is 15.0. The number of hydrogen-bond acceptors (Lipinski definition) is 3. The van der Waals surface area contributed by atoms with Crippen molar-refractivity contribution in [2.75, 3.05) is 28.6 Å². The van der Waals surface area contributed by atoms with Gasteiger partial charge in [0.05, 0.1) is 17.1 Å². The summed E-state index contributed by atoms with van der Waals surface area (Å²) in [5, 5.41) is 2.06. The van der Waals surface area contributed by atoms with E-state index in [4.69, 9.17) is 0 Å². The van der Waals surface area contributed by atoms with Crippen molar-refractivity contribution >= 4 is 38.1 Å². The Morgan fingerprint density at radius 1 is 1.00 bits per heavy atom. The molecule has 0 N–H and O–H groups in total. The third-order valence-electron chi connectivity index (χ3n) is 4.91. The van der Waals surface area contributed by atoms with Gasteiger partial charge in [-0.15, -0.1) is 0 Å². The molecule has 0 spiro atoms. The van der Waals surface area contributed by atoms with Crippen LogP contribution in [-0.2, 0) is 10.0 Å². The number of amides is 1. The average molecular weight is 380 g/mol. The van der Waals surface area contributed by atoms with Crippen molar-refractivity contribution in [1.29, 1.82) is 0 Å². The third kappa shape index (κ3) is 3.17. The second-order valence-electron chi connectivity index (χ2n) is 6.65. The Morgan fingerprint density at radius 2 is 1.74 bits per heavy atom. The molecular formula is C21H20N2O3S. The molecule has 3 aromatic rings. The monoisotopic (exact) mass is 380 g/mol. The predicted octanol–water partition coefficient (Wildman–Crippen LogP) is 3.66. The van der Waals surface area contributed by atoms with Crippen LogP contribution < -0.4 is 9.21 Å². The summed E-state index contributed by atoms with van der Waals surface area (Å²) in [6, 6.07) is 20.6. The zero-order chi connectivity index (χ0) is 19.0. The summed E-state index contributed by atoms with van der Waals surface area (Å²) in [5.41, 5.74) is 1.83. The molecule has 1 aliphatic heterocycles. The van der Waals surface area contributed by atoms with Gasteiger partial charge in [-0.25, -0.2) is 8.42 Å². The summed E-state index contributed by atoms with van der Waals surface area (Å²) < 4.78 is 25.7. The van der Waals surface area contributed by atoms with E-state index < -0.39 is 10.0 Å². The highest BCUT2D eigenvalue weighted by Crippen LogP contribution is 2.29. The van der Waals surface area contributed by atoms with Crippen LogP contribution in [0.1, 0.15) is 16.8 Å². The average Bonchev–Trinajstić information content (AvgIpc) is 3.05. The smallest absolute Gasteiger partial charge is 0.258 e. The number of hydrogen-bond donors (Lipinski definition) is 0. The molecule has 0 radical (unpaired) electrons. The molecule has 0 saturated carbocycles. The maximum Gasteiger partial charge on any atom is 0.258 e. The number of fused-ring (bicyclic) bond motifs is 1. The Hall–Kier alpha value is -2.86. The van der Waals surface area contributed by atoms with Crippen molar-refractivity contribution in [3.05, 3.63) is 72.3 Å². The Labute approximate surface area is 158 Å². The number of carbonyl (C=O) groups is 1. The summed E-state index contributed by atoms with van der Waals surface area (Å²) in [6.07, 6.45) is 0.608. The fourth-order valence-corrected chi connectivity index (χ4v) is 5.08. The standard InChI is InChI=1S/C21H20N2O3S/c1-22(20-12-5-8-16-7-2-3-11-19(16)20)21(24)17-9-4-10-18(15-17)23-13-6-14-27(23,25)26/h2-5,7-12,15H,6,13-14H2,1H3. The summed E-state index contributed by atoms with van der Waals surface area (Å²) in [4.78, 5) is 14.7. The summed E-state index contributed by atoms with van der Waals surface area (Å²) >= 11 is 0. The molecule has 0 aliphatic carbocycles.